The predicted molar refractivity (Wildman–Crippen MR) is 108 cm³/mol. The number of aromatic nitrogens is 2. The molecule has 0 aliphatic carbocycles. The molecule has 0 bridgehead atoms. The van der Waals surface area contributed by atoms with E-state index < -0.39 is 28.4 Å². The molecule has 0 saturated carbocycles. The fraction of sp³-hybridized carbons (Fsp3) is 0.273. The summed E-state index contributed by atoms with van der Waals surface area (Å²) in [5.41, 5.74) is 0.381. The number of hydrogen-bond acceptors (Lipinski definition) is 3. The first-order chi connectivity index (χ1) is 14.7. The number of nitrogens with zero attached hydrogens (tertiary/aromatic N) is 3. The number of likely N-dealkylation sites (tertiary alicyclic amines) is 1. The van der Waals surface area contributed by atoms with Gasteiger partial charge in [-0.15, -0.1) is 0 Å². The second-order valence-corrected chi connectivity index (χ2v) is 8.04. The van der Waals surface area contributed by atoms with Crippen molar-refractivity contribution in [3.8, 4) is 0 Å². The molecule has 1 aromatic heterocycles. The van der Waals surface area contributed by atoms with Gasteiger partial charge < -0.3 is 14.5 Å². The van der Waals surface area contributed by atoms with E-state index in [2.05, 4.69) is 4.98 Å². The Morgan fingerprint density at radius 2 is 1.84 bits per heavy atom. The molecule has 9 heteroatoms. The van der Waals surface area contributed by atoms with Crippen molar-refractivity contribution in [2.45, 2.75) is 31.6 Å². The van der Waals surface area contributed by atoms with Crippen LogP contribution in [0.5, 0.6) is 0 Å². The summed E-state index contributed by atoms with van der Waals surface area (Å²) in [7, 11) is 0. The lowest BCUT2D eigenvalue weighted by Gasteiger charge is -2.38. The molecule has 1 aliphatic rings. The van der Waals surface area contributed by atoms with E-state index in [1.165, 1.54) is 12.1 Å². The van der Waals surface area contributed by atoms with Gasteiger partial charge in [-0.05, 0) is 29.8 Å². The van der Waals surface area contributed by atoms with Gasteiger partial charge in [-0.2, -0.15) is 13.2 Å². The molecule has 1 saturated heterocycles. The van der Waals surface area contributed by atoms with Crippen LogP contribution in [-0.2, 0) is 12.7 Å². The van der Waals surface area contributed by atoms with Crippen molar-refractivity contribution >= 4 is 23.4 Å². The largest absolute Gasteiger partial charge is 0.498 e. The Labute approximate surface area is 181 Å². The summed E-state index contributed by atoms with van der Waals surface area (Å²) in [4.78, 5) is 16.8. The topological polar surface area (TPSA) is 57.9 Å². The molecule has 2 atom stereocenters. The number of imidazole rings is 1. The molecule has 31 heavy (non-hydrogen) atoms. The summed E-state index contributed by atoms with van der Waals surface area (Å²) in [5.74, 6) is 0.552. The monoisotopic (exact) mass is 449 g/mol. The van der Waals surface area contributed by atoms with E-state index in [1.807, 2.05) is 16.7 Å². The molecule has 0 spiro atoms. The van der Waals surface area contributed by atoms with Gasteiger partial charge in [-0.1, -0.05) is 23.7 Å². The van der Waals surface area contributed by atoms with Crippen molar-refractivity contribution in [3.05, 3.63) is 82.9 Å². The van der Waals surface area contributed by atoms with Crippen molar-refractivity contribution in [1.82, 2.24) is 14.0 Å². The first-order valence-electron chi connectivity index (χ1n) is 9.74. The third kappa shape index (κ3) is 3.93. The minimum atomic E-state index is -4.50. The minimum Gasteiger partial charge on any atom is -0.498 e. The second-order valence-electron chi connectivity index (χ2n) is 7.60. The number of halogens is 4. The van der Waals surface area contributed by atoms with Crippen LogP contribution in [0.25, 0.3) is 0 Å². The SMILES string of the molecule is O=C([O-])[N+]1(c2ccc(C(F)(F)F)cc2)CCCC1c1nccn1Cc1ccc(Cl)cc1. The van der Waals surface area contributed by atoms with Crippen molar-refractivity contribution in [1.29, 1.82) is 0 Å². The molecule has 4 rings (SSSR count). The molecule has 2 aromatic carbocycles. The average Bonchev–Trinajstić information content (AvgIpc) is 3.36. The van der Waals surface area contributed by atoms with Crippen LogP contribution in [0.3, 0.4) is 0 Å². The van der Waals surface area contributed by atoms with Crippen LogP contribution in [0, 0.1) is 0 Å². The number of amides is 1. The summed E-state index contributed by atoms with van der Waals surface area (Å²) >= 11 is 5.94. The highest BCUT2D eigenvalue weighted by atomic mass is 35.5. The number of quaternary nitrogens is 1. The third-order valence-corrected chi connectivity index (χ3v) is 6.07. The van der Waals surface area contributed by atoms with Gasteiger partial charge in [0.05, 0.1) is 12.1 Å². The lowest BCUT2D eigenvalue weighted by Crippen LogP contribution is -2.59. The van der Waals surface area contributed by atoms with E-state index in [0.29, 0.717) is 30.2 Å². The molecule has 5 nitrogen and oxygen atoms in total. The zero-order valence-corrected chi connectivity index (χ0v) is 17.1. The van der Waals surface area contributed by atoms with Crippen LogP contribution >= 0.6 is 11.6 Å². The fourth-order valence-electron chi connectivity index (χ4n) is 4.32. The first kappa shape index (κ1) is 21.4. The predicted octanol–water partition coefficient (Wildman–Crippen LogP) is 4.79. The fourth-order valence-corrected chi connectivity index (χ4v) is 4.45. The maximum Gasteiger partial charge on any atom is 0.416 e. The van der Waals surface area contributed by atoms with Crippen LogP contribution in [0.4, 0.5) is 23.7 Å². The number of carbonyl (C=O) groups excluding carboxylic acids is 1. The molecule has 1 aliphatic heterocycles. The third-order valence-electron chi connectivity index (χ3n) is 5.81. The normalized spacial score (nSPS) is 21.4. The maximum atomic E-state index is 13.0. The van der Waals surface area contributed by atoms with Crippen LogP contribution in [0.1, 0.15) is 35.8 Å². The number of carbonyl (C=O) groups is 1. The maximum absolute atomic E-state index is 13.0. The van der Waals surface area contributed by atoms with Crippen LogP contribution in [-0.4, -0.2) is 22.2 Å². The van der Waals surface area contributed by atoms with Crippen LogP contribution < -0.4 is 9.59 Å². The molecule has 0 N–H and O–H groups in total. The summed E-state index contributed by atoms with van der Waals surface area (Å²) in [6.07, 6.45) is -1.40. The Morgan fingerprint density at radius 3 is 2.45 bits per heavy atom. The molecule has 2 heterocycles. The summed E-state index contributed by atoms with van der Waals surface area (Å²) in [6.45, 7) is 0.676. The van der Waals surface area contributed by atoms with Gasteiger partial charge in [0, 0.05) is 48.9 Å². The van der Waals surface area contributed by atoms with E-state index in [4.69, 9.17) is 11.6 Å². The van der Waals surface area contributed by atoms with Crippen molar-refractivity contribution in [2.24, 2.45) is 0 Å². The Morgan fingerprint density at radius 1 is 1.16 bits per heavy atom. The van der Waals surface area contributed by atoms with E-state index in [0.717, 1.165) is 17.7 Å². The van der Waals surface area contributed by atoms with Crippen LogP contribution in [0.2, 0.25) is 5.02 Å². The van der Waals surface area contributed by atoms with Gasteiger partial charge >= 0.3 is 6.18 Å². The molecule has 0 radical (unpaired) electrons. The van der Waals surface area contributed by atoms with Gasteiger partial charge in [0.2, 0.25) is 0 Å². The lowest BCUT2D eigenvalue weighted by atomic mass is 10.1. The van der Waals surface area contributed by atoms with Gasteiger partial charge in [0.15, 0.2) is 11.9 Å². The Kier molecular flexibility index (Phi) is 5.53. The standard InChI is InChI=1S/C22H19ClF3N3O2/c23-17-7-3-15(4-8-17)14-28-12-11-27-20(28)19-2-1-13-29(19,21(30)31)18-9-5-16(6-10-18)22(24,25)26/h3-12,19H,1-2,13-14H2. The van der Waals surface area contributed by atoms with Gasteiger partial charge in [-0.3, -0.25) is 0 Å². The number of alkyl halides is 3. The molecule has 2 unspecified atom stereocenters. The van der Waals surface area contributed by atoms with E-state index >= 15 is 0 Å². The number of benzene rings is 2. The molecule has 3 aromatic rings. The highest BCUT2D eigenvalue weighted by Gasteiger charge is 2.49. The Hall–Kier alpha value is -2.84. The van der Waals surface area contributed by atoms with E-state index in [-0.39, 0.29) is 12.2 Å². The highest BCUT2D eigenvalue weighted by molar-refractivity contribution is 6.30. The van der Waals surface area contributed by atoms with Gasteiger partial charge in [-0.25, -0.2) is 9.47 Å². The Balaban J connectivity index is 1.72. The quantitative estimate of drug-likeness (QED) is 0.538. The van der Waals surface area contributed by atoms with Crippen LogP contribution in [0.15, 0.2) is 60.9 Å². The number of carboxylic acid groups (broad SMARTS) is 1. The zero-order chi connectivity index (χ0) is 22.2. The summed E-state index contributed by atoms with van der Waals surface area (Å²) in [6, 6.07) is 11.0. The van der Waals surface area contributed by atoms with Crippen molar-refractivity contribution in [3.63, 3.8) is 0 Å². The number of hydrogen-bond donors (Lipinski definition) is 0. The smallest absolute Gasteiger partial charge is 0.416 e. The van der Waals surface area contributed by atoms with Crippen molar-refractivity contribution in [2.75, 3.05) is 6.54 Å². The first-order valence-corrected chi connectivity index (χ1v) is 10.1. The summed E-state index contributed by atoms with van der Waals surface area (Å²) < 4.78 is 40.2. The lowest BCUT2D eigenvalue weighted by molar-refractivity contribution is -0.265. The minimum absolute atomic E-state index is 0.214. The van der Waals surface area contributed by atoms with Gasteiger partial charge in [0.25, 0.3) is 6.09 Å². The Bertz CT molecular complexity index is 1080. The molecule has 1 fully saturated rings. The molecule has 162 valence electrons. The molecular formula is C22H19ClF3N3O2. The van der Waals surface area contributed by atoms with Crippen molar-refractivity contribution < 1.29 is 23.1 Å². The van der Waals surface area contributed by atoms with Gasteiger partial charge in [0.1, 0.15) is 5.69 Å². The van der Waals surface area contributed by atoms with E-state index in [9.17, 15) is 23.1 Å². The number of rotatable bonds is 4. The highest BCUT2D eigenvalue weighted by Crippen LogP contribution is 2.44. The zero-order valence-electron chi connectivity index (χ0n) is 16.3. The molecular weight excluding hydrogens is 431 g/mol. The molecule has 1 amide bonds. The average molecular weight is 450 g/mol. The summed E-state index contributed by atoms with van der Waals surface area (Å²) in [5, 5.41) is 13.0. The van der Waals surface area contributed by atoms with E-state index in [1.54, 1.807) is 24.5 Å². The second kappa shape index (κ2) is 8.01.